The zero-order valence-corrected chi connectivity index (χ0v) is 12.7. The third-order valence-corrected chi connectivity index (χ3v) is 4.51. The molecule has 2 aromatic rings. The Hall–Kier alpha value is -2.46. The van der Waals surface area contributed by atoms with Gasteiger partial charge in [0, 0.05) is 24.9 Å². The molecule has 0 radical (unpaired) electrons. The zero-order chi connectivity index (χ0) is 16.2. The van der Waals surface area contributed by atoms with Gasteiger partial charge in [0.05, 0.1) is 0 Å². The molecule has 1 aliphatic heterocycles. The Bertz CT molecular complexity index is 672. The monoisotopic (exact) mass is 309 g/mol. The molecule has 1 aliphatic rings. The Morgan fingerprint density at radius 3 is 2.22 bits per heavy atom. The number of benzene rings is 2. The number of carbonyl (C=O) groups is 2. The highest BCUT2D eigenvalue weighted by atomic mass is 16.4. The lowest BCUT2D eigenvalue weighted by atomic mass is 9.90. The van der Waals surface area contributed by atoms with Crippen LogP contribution in [0.4, 0.5) is 0 Å². The highest BCUT2D eigenvalue weighted by Gasteiger charge is 2.39. The molecule has 1 saturated heterocycles. The number of aliphatic carboxylic acids is 1. The fraction of sp³-hybridized carbons (Fsp3) is 0.263. The lowest BCUT2D eigenvalue weighted by molar-refractivity contribution is -0.143. The zero-order valence-electron chi connectivity index (χ0n) is 12.7. The summed E-state index contributed by atoms with van der Waals surface area (Å²) in [7, 11) is 0. The third kappa shape index (κ3) is 3.17. The molecule has 0 bridgehead atoms. The second-order valence-electron chi connectivity index (χ2n) is 5.92. The van der Waals surface area contributed by atoms with Crippen LogP contribution in [0.2, 0.25) is 0 Å². The number of nitrogens with zero attached hydrogens (tertiary/aromatic N) is 1. The van der Waals surface area contributed by atoms with Crippen LogP contribution < -0.4 is 0 Å². The van der Waals surface area contributed by atoms with Crippen molar-refractivity contribution in [2.45, 2.75) is 12.0 Å². The first kappa shape index (κ1) is 15.4. The van der Waals surface area contributed by atoms with Gasteiger partial charge in [-0.2, -0.15) is 0 Å². The van der Waals surface area contributed by atoms with Gasteiger partial charge in [0.15, 0.2) is 0 Å². The molecule has 1 fully saturated rings. The van der Waals surface area contributed by atoms with Crippen molar-refractivity contribution in [3.8, 4) is 0 Å². The third-order valence-electron chi connectivity index (χ3n) is 4.51. The van der Waals surface area contributed by atoms with Crippen molar-refractivity contribution in [2.75, 3.05) is 13.1 Å². The van der Waals surface area contributed by atoms with Gasteiger partial charge in [-0.15, -0.1) is 0 Å². The normalized spacial score (nSPS) is 22.6. The molecule has 0 amide bonds. The van der Waals surface area contributed by atoms with Gasteiger partial charge in [-0.05, 0) is 11.1 Å². The van der Waals surface area contributed by atoms with Crippen molar-refractivity contribution in [3.05, 3.63) is 71.8 Å². The Labute approximate surface area is 135 Å². The lowest BCUT2D eigenvalue weighted by Gasteiger charge is -2.24. The van der Waals surface area contributed by atoms with E-state index in [2.05, 4.69) is 0 Å². The minimum atomic E-state index is -0.880. The summed E-state index contributed by atoms with van der Waals surface area (Å²) >= 11 is 0. The highest BCUT2D eigenvalue weighted by Crippen LogP contribution is 2.36. The van der Waals surface area contributed by atoms with Gasteiger partial charge in [0.1, 0.15) is 12.3 Å². The van der Waals surface area contributed by atoms with E-state index in [0.29, 0.717) is 13.1 Å². The first-order valence-corrected chi connectivity index (χ1v) is 7.72. The summed E-state index contributed by atoms with van der Waals surface area (Å²) in [5, 5.41) is 9.67. The molecule has 4 heteroatoms. The van der Waals surface area contributed by atoms with E-state index in [-0.39, 0.29) is 11.8 Å². The molecule has 0 spiro atoms. The predicted molar refractivity (Wildman–Crippen MR) is 87.1 cm³/mol. The Morgan fingerprint density at radius 1 is 1.04 bits per heavy atom. The summed E-state index contributed by atoms with van der Waals surface area (Å²) in [5.41, 5.74) is 1.84. The molecule has 1 unspecified atom stereocenters. The molecule has 2 aromatic carbocycles. The smallest absolute Gasteiger partial charge is 0.325 e. The van der Waals surface area contributed by atoms with E-state index in [4.69, 9.17) is 0 Å². The quantitative estimate of drug-likeness (QED) is 0.863. The first-order valence-electron chi connectivity index (χ1n) is 7.72. The van der Waals surface area contributed by atoms with E-state index >= 15 is 0 Å². The van der Waals surface area contributed by atoms with E-state index < -0.39 is 12.0 Å². The fourth-order valence-corrected chi connectivity index (χ4v) is 3.41. The lowest BCUT2D eigenvalue weighted by Crippen LogP contribution is -2.32. The molecule has 3 rings (SSSR count). The molecular formula is C19H19NO3. The van der Waals surface area contributed by atoms with Gasteiger partial charge in [-0.25, -0.2) is 0 Å². The summed E-state index contributed by atoms with van der Waals surface area (Å²) in [6.07, 6.45) is 0.960. The SMILES string of the molecule is O=C[C@@H]1CN(C(C(=O)O)c2ccccc2)C[C@@H]1c1ccccc1. The minimum Gasteiger partial charge on any atom is -0.480 e. The van der Waals surface area contributed by atoms with Crippen LogP contribution in [0.25, 0.3) is 0 Å². The van der Waals surface area contributed by atoms with E-state index in [1.807, 2.05) is 65.6 Å². The van der Waals surface area contributed by atoms with Crippen LogP contribution in [0.1, 0.15) is 23.1 Å². The van der Waals surface area contributed by atoms with Crippen molar-refractivity contribution in [1.82, 2.24) is 4.90 Å². The highest BCUT2D eigenvalue weighted by molar-refractivity contribution is 5.76. The Morgan fingerprint density at radius 2 is 1.65 bits per heavy atom. The molecule has 0 saturated carbocycles. The van der Waals surface area contributed by atoms with Crippen LogP contribution >= 0.6 is 0 Å². The van der Waals surface area contributed by atoms with Gasteiger partial charge >= 0.3 is 5.97 Å². The molecule has 0 aliphatic carbocycles. The molecule has 0 aromatic heterocycles. The molecule has 1 heterocycles. The van der Waals surface area contributed by atoms with Gasteiger partial charge in [0.2, 0.25) is 0 Å². The molecule has 3 atom stereocenters. The molecule has 23 heavy (non-hydrogen) atoms. The minimum absolute atomic E-state index is 0.0410. The summed E-state index contributed by atoms with van der Waals surface area (Å²) in [6.45, 7) is 1.04. The van der Waals surface area contributed by atoms with Gasteiger partial charge in [-0.3, -0.25) is 9.69 Å². The van der Waals surface area contributed by atoms with E-state index in [1.54, 1.807) is 0 Å². The van der Waals surface area contributed by atoms with Crippen molar-refractivity contribution < 1.29 is 14.7 Å². The number of hydrogen-bond donors (Lipinski definition) is 1. The van der Waals surface area contributed by atoms with Crippen molar-refractivity contribution >= 4 is 12.3 Å². The van der Waals surface area contributed by atoms with Crippen LogP contribution in [0.15, 0.2) is 60.7 Å². The number of likely N-dealkylation sites (tertiary alicyclic amines) is 1. The standard InChI is InChI=1S/C19H19NO3/c21-13-16-11-20(12-17(16)14-7-3-1-4-8-14)18(19(22)23)15-9-5-2-6-10-15/h1-10,13,16-18H,11-12H2,(H,22,23)/t16-,17+,18?/m0/s1. The molecule has 118 valence electrons. The summed E-state index contributed by atoms with van der Waals surface area (Å²) in [6, 6.07) is 18.3. The predicted octanol–water partition coefficient (Wildman–Crippen LogP) is 2.73. The number of carboxylic acids is 1. The second-order valence-corrected chi connectivity index (χ2v) is 5.92. The van der Waals surface area contributed by atoms with Crippen LogP contribution in [0.5, 0.6) is 0 Å². The van der Waals surface area contributed by atoms with Crippen LogP contribution in [0.3, 0.4) is 0 Å². The van der Waals surface area contributed by atoms with Crippen LogP contribution in [-0.2, 0) is 9.59 Å². The van der Waals surface area contributed by atoms with E-state index in [0.717, 1.165) is 17.4 Å². The van der Waals surface area contributed by atoms with Gasteiger partial charge in [0.25, 0.3) is 0 Å². The number of carboxylic acid groups (broad SMARTS) is 1. The molecule has 1 N–H and O–H groups in total. The Kier molecular flexibility index (Phi) is 4.53. The van der Waals surface area contributed by atoms with Gasteiger partial charge in [-0.1, -0.05) is 60.7 Å². The summed E-state index contributed by atoms with van der Waals surface area (Å²) < 4.78 is 0. The number of aldehydes is 1. The fourth-order valence-electron chi connectivity index (χ4n) is 3.41. The van der Waals surface area contributed by atoms with Crippen LogP contribution in [-0.4, -0.2) is 35.4 Å². The largest absolute Gasteiger partial charge is 0.480 e. The first-order chi connectivity index (χ1) is 11.2. The van der Waals surface area contributed by atoms with Gasteiger partial charge < -0.3 is 9.90 Å². The maximum Gasteiger partial charge on any atom is 0.325 e. The van der Waals surface area contributed by atoms with Crippen LogP contribution in [0, 0.1) is 5.92 Å². The Balaban J connectivity index is 1.88. The molecular weight excluding hydrogens is 290 g/mol. The van der Waals surface area contributed by atoms with E-state index in [1.165, 1.54) is 0 Å². The summed E-state index contributed by atoms with van der Waals surface area (Å²) in [4.78, 5) is 25.2. The number of rotatable bonds is 5. The van der Waals surface area contributed by atoms with Crippen molar-refractivity contribution in [3.63, 3.8) is 0 Å². The van der Waals surface area contributed by atoms with E-state index in [9.17, 15) is 14.7 Å². The topological polar surface area (TPSA) is 57.6 Å². The average Bonchev–Trinajstić information content (AvgIpc) is 3.00. The molecule has 4 nitrogen and oxygen atoms in total. The van der Waals surface area contributed by atoms with Crippen molar-refractivity contribution in [2.24, 2.45) is 5.92 Å². The average molecular weight is 309 g/mol. The summed E-state index contributed by atoms with van der Waals surface area (Å²) in [5.74, 6) is -1.02. The number of carbonyl (C=O) groups excluding carboxylic acids is 1. The van der Waals surface area contributed by atoms with Crippen molar-refractivity contribution in [1.29, 1.82) is 0 Å². The second kappa shape index (κ2) is 6.75. The maximum atomic E-state index is 11.8. The maximum absolute atomic E-state index is 11.8. The number of hydrogen-bond acceptors (Lipinski definition) is 3.